The summed E-state index contributed by atoms with van der Waals surface area (Å²) in [4.78, 5) is 82.6. The van der Waals surface area contributed by atoms with Crippen LogP contribution < -0.4 is 20.7 Å². The van der Waals surface area contributed by atoms with Gasteiger partial charge in [0.2, 0.25) is 0 Å². The topological polar surface area (TPSA) is 445 Å². The van der Waals surface area contributed by atoms with Crippen LogP contribution in [0.5, 0.6) is 23.0 Å². The minimum Gasteiger partial charge on any atom is -0.507 e. The van der Waals surface area contributed by atoms with Gasteiger partial charge >= 0.3 is 17.7 Å². The number of piperazine rings is 1. The van der Waals surface area contributed by atoms with Crippen LogP contribution in [-0.4, -0.2) is 295 Å². The standard InChI is InChI=1S/C43H58N4O12.C38H69NO13.C27H22Cl2N4/c1-21-12-11-13-22(2)42(55)45-33-28(20-44-47-17-15-46(9)16-18-47)37(52)30-31(38(33)53)36(51)26(6)40-32(30)41(54)43(8,59-40)57-19-14-29(56-10)23(3)39(58-27(7)48)25(5)35(50)24(4)34(21)49;1-15-26-38(10,45)31(42)21(4)28(40)19(2)17-37(9,47-14)33(52-35-29(41)25(39(11)12)16-20(3)48-35)22(5)30(23(6)34(44)50-26)51-27-18-36(8,46-13)32(43)24(7)49-27;1-17(2)30-24-16-27-25(15-23(24)31-20-11-7-18(28)8-12-20)32-22-5-3-4-6-26(22)33(27)21-13-9-19(29)10-14-21/h11-14,19-21,23-25,29,34-35,39,49-53H,15-18H2,1-10H3,(H,45,55);19-27,29-33,35,41-43,45H,15-18H2,1-14H3;3-17,31H,1-2H3/b12-11+,19-14+,22-13-,44-20+;;/t21-,23-,24-,25+,29+,34-,35+,39-,43+;19-,20-,21+,22+,23-,24+,25+,26-,27+,29-,30+,31-,32+,33-,35+,36-,37-,38-;/m11./s1. The second-order valence-electron chi connectivity index (χ2n) is 40.9. The number of methoxy groups -OCH3 is 3. The van der Waals surface area contributed by atoms with E-state index in [2.05, 4.69) is 57.2 Å². The maximum absolute atomic E-state index is 14.4. The van der Waals surface area contributed by atoms with Crippen LogP contribution in [0.25, 0.3) is 38.9 Å². The summed E-state index contributed by atoms with van der Waals surface area (Å²) in [5.41, 5.74) is 2.00. The number of rotatable bonds is 16. The lowest BCUT2D eigenvalue weighted by Gasteiger charge is -2.50. The number of aliphatic hydroxyl groups is 6. The van der Waals surface area contributed by atoms with E-state index in [1.807, 2.05) is 107 Å². The molecule has 36 heteroatoms. The van der Waals surface area contributed by atoms with E-state index < -0.39 is 191 Å². The van der Waals surface area contributed by atoms with E-state index in [1.165, 1.54) is 80.6 Å². The van der Waals surface area contributed by atoms with Crippen molar-refractivity contribution in [3.63, 3.8) is 0 Å². The maximum atomic E-state index is 14.4. The van der Waals surface area contributed by atoms with Gasteiger partial charge in [0.25, 0.3) is 11.7 Å². The van der Waals surface area contributed by atoms with Crippen molar-refractivity contribution >= 4 is 97.7 Å². The van der Waals surface area contributed by atoms with Crippen molar-refractivity contribution in [3.8, 4) is 40.1 Å². The molecule has 11 N–H and O–H groups in total. The van der Waals surface area contributed by atoms with Gasteiger partial charge in [-0.2, -0.15) is 5.10 Å². The Morgan fingerprint density at radius 3 is 1.99 bits per heavy atom. The molecule has 1 aliphatic carbocycles. The number of carbonyl (C=O) groups excluding carboxylic acids is 5. The van der Waals surface area contributed by atoms with Crippen LogP contribution >= 0.6 is 23.2 Å². The van der Waals surface area contributed by atoms with E-state index in [0.29, 0.717) is 29.6 Å². The van der Waals surface area contributed by atoms with Gasteiger partial charge in [0.1, 0.15) is 53.0 Å². The molecule has 5 aromatic rings. The van der Waals surface area contributed by atoms with E-state index in [4.69, 9.17) is 85.3 Å². The third-order valence-corrected chi connectivity index (χ3v) is 29.9. The van der Waals surface area contributed by atoms with E-state index in [0.717, 1.165) is 57.9 Å². The quantitative estimate of drug-likeness (QED) is 0.0141. The second-order valence-corrected chi connectivity index (χ2v) is 41.7. The molecule has 0 unspecified atom stereocenters. The molecule has 4 saturated heterocycles. The molecule has 8 heterocycles. The summed E-state index contributed by atoms with van der Waals surface area (Å²) in [7, 11) is 10.2. The zero-order valence-corrected chi connectivity index (χ0v) is 89.0. The highest BCUT2D eigenvalue weighted by Crippen LogP contribution is 2.56. The van der Waals surface area contributed by atoms with Crippen molar-refractivity contribution < 1.29 is 122 Å². The number of phenolic OH excluding ortho intramolecular Hbond substituents is 3. The molecule has 144 heavy (non-hydrogen) atoms. The first-order chi connectivity index (χ1) is 67.7. The van der Waals surface area contributed by atoms with E-state index in [9.17, 15) is 69.9 Å². The third-order valence-electron chi connectivity index (χ3n) is 29.4. The molecule has 0 saturated carbocycles. The zero-order valence-electron chi connectivity index (χ0n) is 87.5. The van der Waals surface area contributed by atoms with Gasteiger partial charge in [-0.15, -0.1) is 0 Å². The summed E-state index contributed by atoms with van der Waals surface area (Å²) in [6.45, 7) is 36.3. The first-order valence-corrected chi connectivity index (χ1v) is 50.2. The number of hydrazone groups is 1. The molecular formula is C108H149Cl2N9O25. The molecule has 1 amide bonds. The van der Waals surface area contributed by atoms with Gasteiger partial charge in [-0.25, -0.2) is 4.98 Å². The Morgan fingerprint density at radius 2 is 1.38 bits per heavy atom. The van der Waals surface area contributed by atoms with Crippen LogP contribution in [-0.2, 0) is 66.5 Å². The molecule has 0 spiro atoms. The number of ether oxygens (including phenoxy) is 11. The minimum absolute atomic E-state index is 0.0559. The van der Waals surface area contributed by atoms with Crippen molar-refractivity contribution in [2.24, 2.45) is 57.4 Å². The van der Waals surface area contributed by atoms with Crippen molar-refractivity contribution in [2.75, 3.05) is 79.3 Å². The molecule has 5 aromatic carbocycles. The summed E-state index contributed by atoms with van der Waals surface area (Å²) < 4.78 is 69.7. The monoisotopic (exact) mass is 2040 g/mol. The molecule has 0 aromatic heterocycles. The lowest BCUT2D eigenvalue weighted by Crippen LogP contribution is -2.61. The van der Waals surface area contributed by atoms with Crippen LogP contribution in [0, 0.1) is 54.3 Å². The number of amides is 1. The second kappa shape index (κ2) is 48.0. The number of halogens is 2. The lowest BCUT2D eigenvalue weighted by molar-refractivity contribution is -0.319. The van der Waals surface area contributed by atoms with Gasteiger partial charge in [0.05, 0.1) is 134 Å². The molecule has 9 aliphatic rings. The number of nitrogens with zero attached hydrogens (tertiary/aromatic N) is 7. The molecular weight excluding hydrogens is 1890 g/mol. The van der Waals surface area contributed by atoms with Crippen LogP contribution in [0.1, 0.15) is 179 Å². The number of likely N-dealkylation sites (N-methyl/N-ethyl adjacent to an activating group) is 2. The van der Waals surface area contributed by atoms with Crippen LogP contribution in [0.3, 0.4) is 0 Å². The number of aliphatic hydroxyl groups excluding tert-OH is 5. The Kier molecular flexibility index (Phi) is 38.2. The fraction of sp³-hybridized carbons (Fsp3) is 0.574. The predicted molar refractivity (Wildman–Crippen MR) is 550 cm³/mol. The number of Topliss-reactive ketones (excluding diaryl/α,β-unsaturated/α-hetero) is 2. The van der Waals surface area contributed by atoms with Crippen molar-refractivity contribution in [1.29, 1.82) is 0 Å². The number of nitrogens with one attached hydrogen (secondary N) is 2. The van der Waals surface area contributed by atoms with Gasteiger partial charge in [-0.1, -0.05) is 109 Å². The number of esters is 2. The SMILES string of the molecule is CC(C)N=c1cc2n(-c3ccc(Cl)cc3)c3ccccc3nc-2cc1Nc1ccc(Cl)cc1.CC[C@H]1OC(=O)[C@H](C)[C@@H](O[C@H]2C[C@@](C)(OC)[C@@H](O)[C@H](C)O2)[C@H](C)[C@@H](O[C@@H]2O[C@H](C)C[C@H](N(C)C)[C@H]2O)[C@](C)(OC)C[C@@H](C)C(=O)[C@H](C)[C@@H](O)[C@]1(C)O.CO[C@H]1/C=C/O[C@@]2(C)Oc3c(C)c(O)c4c(O)c(c(/C=N/N5CCN(C)CC5)c(O)c4c3C2=O)NC(=O)/C(C)=C\C=C\[C@@H](C)[C@@H](O)[C@@H](C)[C@H](O)[C@H](C)[C@H](OC(C)=O)[C@@H]1C. The Labute approximate surface area is 854 Å². The maximum Gasteiger partial charge on any atom is 0.312 e. The summed E-state index contributed by atoms with van der Waals surface area (Å²) in [6.07, 6.45) is -3.87. The number of anilines is 3. The number of hydrogen-bond acceptors (Lipinski definition) is 32. The number of ketones is 2. The molecule has 27 atom stereocenters. The van der Waals surface area contributed by atoms with Crippen LogP contribution in [0.4, 0.5) is 17.1 Å². The Balaban J connectivity index is 0.000000213. The van der Waals surface area contributed by atoms with Gasteiger partial charge in [-0.3, -0.25) is 34.0 Å². The van der Waals surface area contributed by atoms with Gasteiger partial charge in [-0.05, 0) is 189 Å². The fourth-order valence-electron chi connectivity index (χ4n) is 20.4. The summed E-state index contributed by atoms with van der Waals surface area (Å²) in [5.74, 6) is -12.8. The number of fused-ring (bicyclic) bond motifs is 16. The first-order valence-electron chi connectivity index (χ1n) is 49.4. The highest BCUT2D eigenvalue weighted by atomic mass is 35.5. The fourth-order valence-corrected chi connectivity index (χ4v) is 20.6. The molecule has 790 valence electrons. The number of benzene rings is 6. The molecule has 8 aliphatic heterocycles. The largest absolute Gasteiger partial charge is 0.507 e. The lowest BCUT2D eigenvalue weighted by atomic mass is 9.74. The molecule has 4 fully saturated rings. The van der Waals surface area contributed by atoms with Gasteiger partial charge in [0.15, 0.2) is 18.3 Å². The predicted octanol–water partition coefficient (Wildman–Crippen LogP) is 14.3. The Hall–Kier alpha value is -9.80. The van der Waals surface area contributed by atoms with Gasteiger partial charge in [0, 0.05) is 159 Å². The van der Waals surface area contributed by atoms with Gasteiger partial charge < -0.3 is 123 Å². The average molecular weight is 2040 g/mol. The Bertz CT molecular complexity index is 5830. The zero-order chi connectivity index (χ0) is 106. The number of hydrogen-bond donors (Lipinski definition) is 11. The summed E-state index contributed by atoms with van der Waals surface area (Å²) in [5, 5.41) is 118. The summed E-state index contributed by atoms with van der Waals surface area (Å²) >= 11 is 12.2. The van der Waals surface area contributed by atoms with Crippen molar-refractivity contribution in [3.05, 3.63) is 153 Å². The minimum atomic E-state index is -2.04. The van der Waals surface area contributed by atoms with Crippen molar-refractivity contribution in [1.82, 2.24) is 24.4 Å². The number of cyclic esters (lactones) is 1. The molecule has 34 nitrogen and oxygen atoms in total. The van der Waals surface area contributed by atoms with Crippen LogP contribution in [0.2, 0.25) is 10.0 Å². The molecule has 5 bridgehead atoms. The highest BCUT2D eigenvalue weighted by Gasteiger charge is 2.56. The number of aromatic hydroxyl groups is 3. The van der Waals surface area contributed by atoms with E-state index >= 15 is 0 Å². The van der Waals surface area contributed by atoms with E-state index in [-0.39, 0.29) is 87.7 Å². The van der Waals surface area contributed by atoms with E-state index in [1.54, 1.807) is 93.3 Å². The summed E-state index contributed by atoms with van der Waals surface area (Å²) in [6, 6.07) is 27.6. The van der Waals surface area contributed by atoms with Crippen LogP contribution in [0.15, 0.2) is 131 Å². The highest BCUT2D eigenvalue weighted by molar-refractivity contribution is 6.31. The smallest absolute Gasteiger partial charge is 0.312 e. The molecule has 0 radical (unpaired) electrons. The number of aromatic nitrogens is 2. The first kappa shape index (κ1) is 115. The number of allylic oxidation sites excluding steroid dienone is 2. The van der Waals surface area contributed by atoms with Crippen molar-refractivity contribution in [2.45, 2.75) is 285 Å². The molecule has 14 rings (SSSR count). The third kappa shape index (κ3) is 25.3. The average Bonchev–Trinajstić information content (AvgIpc) is 1.54. The normalized spacial score (nSPS) is 33.6. The number of phenols is 3. The number of para-hydroxylation sites is 2. The number of carbonyl (C=O) groups is 5. The Morgan fingerprint density at radius 1 is 0.736 bits per heavy atom.